The highest BCUT2D eigenvalue weighted by Gasteiger charge is 2.47. The quantitative estimate of drug-likeness (QED) is 0.379. The lowest BCUT2D eigenvalue weighted by molar-refractivity contribution is -0.0429. The number of carbonyl (C=O) groups excluding carboxylic acids is 2. The predicted octanol–water partition coefficient (Wildman–Crippen LogP) is 3.34. The van der Waals surface area contributed by atoms with Crippen LogP contribution in [0, 0.1) is 10.7 Å². The van der Waals surface area contributed by atoms with Crippen molar-refractivity contribution in [3.05, 3.63) is 21.8 Å². The molecule has 7 nitrogen and oxygen atoms in total. The van der Waals surface area contributed by atoms with Crippen molar-refractivity contribution in [2.24, 2.45) is 0 Å². The number of rotatable bonds is 4. The van der Waals surface area contributed by atoms with E-state index in [-0.39, 0.29) is 21.8 Å². The minimum Gasteiger partial charge on any atom is -0.465 e. The van der Waals surface area contributed by atoms with Crippen LogP contribution in [0.2, 0.25) is 0 Å². The number of anilines is 1. The fourth-order valence-corrected chi connectivity index (χ4v) is 6.78. The SMILES string of the molecule is COC(=O)c1c(I)c(NS(=O)(=O)C(F)(F)F)c(I)c(C(=O)OC)c1I. The first-order valence-corrected chi connectivity index (χ1v) is 10.5. The molecule has 0 aliphatic carbocycles. The third kappa shape index (κ3) is 4.60. The first-order valence-electron chi connectivity index (χ1n) is 5.76. The average molecular weight is 719 g/mol. The van der Waals surface area contributed by atoms with Crippen molar-refractivity contribution >= 4 is 95.4 Å². The van der Waals surface area contributed by atoms with E-state index in [0.29, 0.717) is 0 Å². The van der Waals surface area contributed by atoms with Gasteiger partial charge in [0.05, 0.1) is 38.2 Å². The molecule has 0 aliphatic heterocycles. The number of sulfonamides is 1. The molecular weight excluding hydrogens is 712 g/mol. The van der Waals surface area contributed by atoms with Gasteiger partial charge in [-0.1, -0.05) is 0 Å². The zero-order valence-electron chi connectivity index (χ0n) is 12.1. The molecule has 1 rings (SSSR count). The summed E-state index contributed by atoms with van der Waals surface area (Å²) in [4.78, 5) is 23.9. The summed E-state index contributed by atoms with van der Waals surface area (Å²) in [5, 5.41) is 0. The van der Waals surface area contributed by atoms with Crippen LogP contribution in [0.25, 0.3) is 0 Å². The second-order valence-electron chi connectivity index (χ2n) is 4.10. The number of esters is 2. The molecule has 0 amide bonds. The second-order valence-corrected chi connectivity index (χ2v) is 9.01. The van der Waals surface area contributed by atoms with E-state index in [1.165, 1.54) is 49.9 Å². The normalized spacial score (nSPS) is 11.8. The van der Waals surface area contributed by atoms with Crippen LogP contribution in [0.15, 0.2) is 0 Å². The summed E-state index contributed by atoms with van der Waals surface area (Å²) in [6.07, 6.45) is 0. The number of methoxy groups -OCH3 is 2. The van der Waals surface area contributed by atoms with Gasteiger partial charge in [-0.15, -0.1) is 0 Å². The lowest BCUT2D eigenvalue weighted by Crippen LogP contribution is -2.31. The molecule has 140 valence electrons. The predicted molar refractivity (Wildman–Crippen MR) is 106 cm³/mol. The van der Waals surface area contributed by atoms with Gasteiger partial charge in [-0.05, 0) is 67.8 Å². The summed E-state index contributed by atoms with van der Waals surface area (Å²) in [6.45, 7) is 0. The average Bonchev–Trinajstić information content (AvgIpc) is 2.49. The molecule has 0 radical (unpaired) electrons. The van der Waals surface area contributed by atoms with Crippen LogP contribution in [0.3, 0.4) is 0 Å². The molecule has 0 saturated heterocycles. The fourth-order valence-electron chi connectivity index (χ4n) is 1.51. The van der Waals surface area contributed by atoms with Crippen LogP contribution < -0.4 is 4.72 Å². The van der Waals surface area contributed by atoms with Crippen molar-refractivity contribution < 1.29 is 40.7 Å². The van der Waals surface area contributed by atoms with Gasteiger partial charge in [-0.2, -0.15) is 21.6 Å². The Morgan fingerprint density at radius 1 is 0.920 bits per heavy atom. The molecule has 0 atom stereocenters. The molecule has 0 heterocycles. The minimum absolute atomic E-state index is 0.0556. The maximum absolute atomic E-state index is 12.7. The lowest BCUT2D eigenvalue weighted by Gasteiger charge is -2.19. The maximum atomic E-state index is 12.7. The van der Waals surface area contributed by atoms with Crippen molar-refractivity contribution in [3.8, 4) is 0 Å². The van der Waals surface area contributed by atoms with Crippen molar-refractivity contribution in [2.45, 2.75) is 5.51 Å². The zero-order valence-corrected chi connectivity index (χ0v) is 19.4. The Morgan fingerprint density at radius 3 is 1.56 bits per heavy atom. The highest BCUT2D eigenvalue weighted by atomic mass is 127. The van der Waals surface area contributed by atoms with Gasteiger partial charge in [-0.25, -0.2) is 9.59 Å². The highest BCUT2D eigenvalue weighted by molar-refractivity contribution is 14.1. The summed E-state index contributed by atoms with van der Waals surface area (Å²) in [5.41, 5.74) is -6.67. The van der Waals surface area contributed by atoms with Crippen LogP contribution in [0.5, 0.6) is 0 Å². The Hall–Kier alpha value is -0.110. The summed E-state index contributed by atoms with van der Waals surface area (Å²) in [6, 6.07) is 0. The first-order chi connectivity index (χ1) is 11.3. The van der Waals surface area contributed by atoms with Crippen LogP contribution in [0.4, 0.5) is 18.9 Å². The molecule has 0 aromatic heterocycles. The molecular formula is C11H7F3I3NO6S. The number of halogens is 6. The smallest absolute Gasteiger partial charge is 0.465 e. The number of carbonyl (C=O) groups is 2. The van der Waals surface area contributed by atoms with Gasteiger partial charge in [0.15, 0.2) is 0 Å². The summed E-state index contributed by atoms with van der Waals surface area (Å²) in [5.74, 6) is -1.91. The Kier molecular flexibility index (Phi) is 7.59. The highest BCUT2D eigenvalue weighted by Crippen LogP contribution is 2.38. The van der Waals surface area contributed by atoms with E-state index in [9.17, 15) is 31.2 Å². The largest absolute Gasteiger partial charge is 0.516 e. The van der Waals surface area contributed by atoms with Gasteiger partial charge in [0, 0.05) is 3.57 Å². The second kappa shape index (κ2) is 8.28. The molecule has 0 bridgehead atoms. The standard InChI is InChI=1S/C11H7F3I3NO6S/c1-23-9(19)3-5(15)4(10(20)24-2)7(17)8(6(3)16)18-25(21,22)11(12,13)14/h18H,1-2H3. The van der Waals surface area contributed by atoms with E-state index in [1.807, 2.05) is 0 Å². The van der Waals surface area contributed by atoms with Crippen LogP contribution >= 0.6 is 67.8 Å². The van der Waals surface area contributed by atoms with Gasteiger partial charge >= 0.3 is 27.5 Å². The molecule has 1 aromatic rings. The van der Waals surface area contributed by atoms with Gasteiger partial charge in [0.2, 0.25) is 0 Å². The van der Waals surface area contributed by atoms with E-state index < -0.39 is 33.2 Å². The molecule has 0 unspecified atom stereocenters. The van der Waals surface area contributed by atoms with Crippen LogP contribution in [0.1, 0.15) is 20.7 Å². The number of hydrogen-bond donors (Lipinski definition) is 1. The molecule has 25 heavy (non-hydrogen) atoms. The Bertz CT molecular complexity index is 797. The summed E-state index contributed by atoms with van der Waals surface area (Å²) >= 11 is 4.62. The molecule has 0 spiro atoms. The topological polar surface area (TPSA) is 98.8 Å². The van der Waals surface area contributed by atoms with Gasteiger partial charge < -0.3 is 9.47 Å². The summed E-state index contributed by atoms with van der Waals surface area (Å²) in [7, 11) is -3.71. The summed E-state index contributed by atoms with van der Waals surface area (Å²) < 4.78 is 71.1. The van der Waals surface area contributed by atoms with Crippen molar-refractivity contribution in [1.82, 2.24) is 0 Å². The van der Waals surface area contributed by atoms with Crippen molar-refractivity contribution in [2.75, 3.05) is 18.9 Å². The number of benzene rings is 1. The third-order valence-electron chi connectivity index (χ3n) is 2.64. The zero-order chi connectivity index (χ0) is 19.7. The van der Waals surface area contributed by atoms with E-state index in [1.54, 1.807) is 22.6 Å². The number of ether oxygens (including phenoxy) is 2. The molecule has 0 fully saturated rings. The number of nitrogens with one attached hydrogen (secondary N) is 1. The lowest BCUT2D eigenvalue weighted by atomic mass is 10.1. The van der Waals surface area contributed by atoms with Crippen LogP contribution in [-0.4, -0.2) is 40.1 Å². The molecule has 0 saturated carbocycles. The van der Waals surface area contributed by atoms with Gasteiger partial charge in [0.25, 0.3) is 0 Å². The Balaban J connectivity index is 3.85. The van der Waals surface area contributed by atoms with E-state index in [4.69, 9.17) is 0 Å². The van der Waals surface area contributed by atoms with Gasteiger partial charge in [0.1, 0.15) is 0 Å². The molecule has 1 aromatic carbocycles. The third-order valence-corrected chi connectivity index (χ3v) is 6.96. The Morgan fingerprint density at radius 2 is 1.28 bits per heavy atom. The fraction of sp³-hybridized carbons (Fsp3) is 0.273. The molecule has 14 heteroatoms. The van der Waals surface area contributed by atoms with Crippen molar-refractivity contribution in [1.29, 1.82) is 0 Å². The maximum Gasteiger partial charge on any atom is 0.516 e. The first kappa shape index (κ1) is 22.9. The molecule has 0 aliphatic rings. The van der Waals surface area contributed by atoms with Crippen molar-refractivity contribution in [3.63, 3.8) is 0 Å². The monoisotopic (exact) mass is 719 g/mol. The van der Waals surface area contributed by atoms with E-state index in [0.717, 1.165) is 14.2 Å². The van der Waals surface area contributed by atoms with E-state index in [2.05, 4.69) is 9.47 Å². The van der Waals surface area contributed by atoms with Crippen LogP contribution in [-0.2, 0) is 19.5 Å². The van der Waals surface area contributed by atoms with Gasteiger partial charge in [-0.3, -0.25) is 4.72 Å². The number of alkyl halides is 3. The number of hydrogen-bond acceptors (Lipinski definition) is 6. The molecule has 1 N–H and O–H groups in total. The van der Waals surface area contributed by atoms with E-state index >= 15 is 0 Å². The Labute approximate surface area is 180 Å². The minimum atomic E-state index is -5.77.